The van der Waals surface area contributed by atoms with E-state index in [0.29, 0.717) is 23.9 Å². The van der Waals surface area contributed by atoms with Crippen LogP contribution in [0.2, 0.25) is 0 Å². The van der Waals surface area contributed by atoms with E-state index >= 15 is 0 Å². The fraction of sp³-hybridized carbons (Fsp3) is 0.357. The number of nitrogens with zero attached hydrogens (tertiary/aromatic N) is 2. The van der Waals surface area contributed by atoms with Crippen LogP contribution < -0.4 is 16.6 Å². The molecule has 2 aromatic rings. The Morgan fingerprint density at radius 2 is 2.10 bits per heavy atom. The van der Waals surface area contributed by atoms with Crippen molar-refractivity contribution in [3.05, 3.63) is 44.5 Å². The maximum atomic E-state index is 12.3. The SMILES string of the molecule is CONC(=O)C1CCc2cccc3c2n1c(=O)c(=O)n3C. The van der Waals surface area contributed by atoms with Gasteiger partial charge in [-0.2, -0.15) is 0 Å². The molecule has 0 spiro atoms. The lowest BCUT2D eigenvalue weighted by Gasteiger charge is -2.27. The van der Waals surface area contributed by atoms with E-state index in [4.69, 9.17) is 0 Å². The van der Waals surface area contributed by atoms with Crippen LogP contribution in [0.1, 0.15) is 18.0 Å². The summed E-state index contributed by atoms with van der Waals surface area (Å²) in [6, 6.07) is 4.80. The summed E-state index contributed by atoms with van der Waals surface area (Å²) in [5.41, 5.74) is 3.16. The van der Waals surface area contributed by atoms with Crippen LogP contribution in [-0.4, -0.2) is 22.2 Å². The molecule has 0 saturated carbocycles. The lowest BCUT2D eigenvalue weighted by atomic mass is 9.97. The summed E-state index contributed by atoms with van der Waals surface area (Å²) in [7, 11) is 2.89. The third-order valence-corrected chi connectivity index (χ3v) is 3.91. The van der Waals surface area contributed by atoms with Crippen molar-refractivity contribution < 1.29 is 9.63 Å². The van der Waals surface area contributed by atoms with Gasteiger partial charge < -0.3 is 4.57 Å². The van der Waals surface area contributed by atoms with Crippen LogP contribution in [-0.2, 0) is 23.1 Å². The van der Waals surface area contributed by atoms with Gasteiger partial charge in [-0.25, -0.2) is 5.48 Å². The van der Waals surface area contributed by atoms with Gasteiger partial charge in [0.15, 0.2) is 0 Å². The highest BCUT2D eigenvalue weighted by Gasteiger charge is 2.29. The van der Waals surface area contributed by atoms with Crippen molar-refractivity contribution in [2.75, 3.05) is 7.11 Å². The van der Waals surface area contributed by atoms with Crippen molar-refractivity contribution in [3.8, 4) is 0 Å². The molecule has 1 aromatic carbocycles. The monoisotopic (exact) mass is 289 g/mol. The molecule has 110 valence electrons. The van der Waals surface area contributed by atoms with Gasteiger partial charge >= 0.3 is 11.1 Å². The molecule has 2 heterocycles. The number of hydrogen-bond donors (Lipinski definition) is 1. The number of para-hydroxylation sites is 1. The van der Waals surface area contributed by atoms with Crippen molar-refractivity contribution in [1.29, 1.82) is 0 Å². The van der Waals surface area contributed by atoms with Crippen molar-refractivity contribution in [2.45, 2.75) is 18.9 Å². The first kappa shape index (κ1) is 13.6. The number of aryl methyl sites for hydroxylation is 2. The molecular weight excluding hydrogens is 274 g/mol. The zero-order chi connectivity index (χ0) is 15.1. The predicted octanol–water partition coefficient (Wildman–Crippen LogP) is -0.135. The zero-order valence-electron chi connectivity index (χ0n) is 11.8. The Labute approximate surface area is 119 Å². The number of hydroxylamine groups is 1. The van der Waals surface area contributed by atoms with Crippen LogP contribution in [0.25, 0.3) is 11.0 Å². The first-order chi connectivity index (χ1) is 10.1. The molecule has 0 radical (unpaired) electrons. The zero-order valence-corrected chi connectivity index (χ0v) is 11.8. The van der Waals surface area contributed by atoms with E-state index in [1.54, 1.807) is 13.1 Å². The fourth-order valence-electron chi connectivity index (χ4n) is 2.92. The quantitative estimate of drug-likeness (QED) is 0.616. The summed E-state index contributed by atoms with van der Waals surface area (Å²) < 4.78 is 2.62. The lowest BCUT2D eigenvalue weighted by Crippen LogP contribution is -2.47. The molecule has 0 bridgehead atoms. The van der Waals surface area contributed by atoms with Crippen LogP contribution in [0.4, 0.5) is 0 Å². The summed E-state index contributed by atoms with van der Waals surface area (Å²) >= 11 is 0. The van der Waals surface area contributed by atoms with Gasteiger partial charge in [-0.05, 0) is 24.5 Å². The summed E-state index contributed by atoms with van der Waals surface area (Å²) in [5, 5.41) is 0. The molecule has 7 nitrogen and oxygen atoms in total. The Hall–Kier alpha value is -2.41. The maximum absolute atomic E-state index is 12.3. The topological polar surface area (TPSA) is 82.3 Å². The third-order valence-electron chi connectivity index (χ3n) is 3.91. The lowest BCUT2D eigenvalue weighted by molar-refractivity contribution is -0.135. The molecule has 7 heteroatoms. The molecule has 0 fully saturated rings. The molecule has 3 rings (SSSR count). The number of carbonyl (C=O) groups is 1. The summed E-state index contributed by atoms with van der Waals surface area (Å²) in [6.07, 6.45) is 1.12. The molecule has 1 amide bonds. The Morgan fingerprint density at radius 3 is 2.81 bits per heavy atom. The molecule has 1 unspecified atom stereocenters. The molecule has 21 heavy (non-hydrogen) atoms. The van der Waals surface area contributed by atoms with Gasteiger partial charge in [0.05, 0.1) is 18.1 Å². The third kappa shape index (κ3) is 1.89. The van der Waals surface area contributed by atoms with Gasteiger partial charge in [-0.1, -0.05) is 12.1 Å². The van der Waals surface area contributed by atoms with E-state index in [9.17, 15) is 14.4 Å². The van der Waals surface area contributed by atoms with Crippen LogP contribution >= 0.6 is 0 Å². The van der Waals surface area contributed by atoms with E-state index in [1.807, 2.05) is 12.1 Å². The number of aromatic nitrogens is 2. The average molecular weight is 289 g/mol. The minimum Gasteiger partial charge on any atom is -0.305 e. The second-order valence-corrected chi connectivity index (χ2v) is 5.05. The van der Waals surface area contributed by atoms with E-state index in [2.05, 4.69) is 10.3 Å². The van der Waals surface area contributed by atoms with Crippen LogP contribution in [0, 0.1) is 0 Å². The normalized spacial score (nSPS) is 17.0. The highest BCUT2D eigenvalue weighted by atomic mass is 16.6. The Balaban J connectivity index is 2.39. The molecule has 1 aliphatic rings. The molecule has 1 N–H and O–H groups in total. The van der Waals surface area contributed by atoms with Crippen molar-refractivity contribution in [1.82, 2.24) is 14.6 Å². The summed E-state index contributed by atoms with van der Waals surface area (Å²) in [4.78, 5) is 41.2. The van der Waals surface area contributed by atoms with Gasteiger partial charge in [-0.3, -0.25) is 23.8 Å². The van der Waals surface area contributed by atoms with Crippen LogP contribution in [0.15, 0.2) is 27.8 Å². The Kier molecular flexibility index (Phi) is 3.13. The highest BCUT2D eigenvalue weighted by molar-refractivity contribution is 5.85. The van der Waals surface area contributed by atoms with Gasteiger partial charge in [0.25, 0.3) is 5.91 Å². The fourth-order valence-corrected chi connectivity index (χ4v) is 2.92. The van der Waals surface area contributed by atoms with E-state index in [0.717, 1.165) is 5.56 Å². The summed E-state index contributed by atoms with van der Waals surface area (Å²) in [5.74, 6) is -0.427. The molecule has 0 saturated heterocycles. The van der Waals surface area contributed by atoms with Gasteiger partial charge in [0.1, 0.15) is 6.04 Å². The van der Waals surface area contributed by atoms with Gasteiger partial charge in [0, 0.05) is 7.05 Å². The van der Waals surface area contributed by atoms with Crippen molar-refractivity contribution >= 4 is 16.9 Å². The minimum atomic E-state index is -0.733. The van der Waals surface area contributed by atoms with Crippen molar-refractivity contribution in [3.63, 3.8) is 0 Å². The number of rotatable bonds is 2. The standard InChI is InChI=1S/C14H15N3O4/c1-16-9-5-3-4-8-6-7-10(12(18)15-21-2)17(11(8)9)14(20)13(16)19/h3-5,10H,6-7H2,1-2H3,(H,15,18). The van der Waals surface area contributed by atoms with Crippen LogP contribution in [0.5, 0.6) is 0 Å². The Morgan fingerprint density at radius 1 is 1.33 bits per heavy atom. The first-order valence-electron chi connectivity index (χ1n) is 6.62. The molecule has 1 aliphatic heterocycles. The largest absolute Gasteiger partial charge is 0.317 e. The van der Waals surface area contributed by atoms with Crippen molar-refractivity contribution in [2.24, 2.45) is 7.05 Å². The van der Waals surface area contributed by atoms with Gasteiger partial charge in [0.2, 0.25) is 0 Å². The predicted molar refractivity (Wildman–Crippen MR) is 76.0 cm³/mol. The second kappa shape index (κ2) is 4.85. The summed E-state index contributed by atoms with van der Waals surface area (Å²) in [6.45, 7) is 0. The minimum absolute atomic E-state index is 0.427. The first-order valence-corrected chi connectivity index (χ1v) is 6.62. The molecule has 0 aliphatic carbocycles. The second-order valence-electron chi connectivity index (χ2n) is 5.05. The smallest absolute Gasteiger partial charge is 0.305 e. The maximum Gasteiger partial charge on any atom is 0.317 e. The van der Waals surface area contributed by atoms with E-state index < -0.39 is 23.1 Å². The molecule has 1 atom stereocenters. The van der Waals surface area contributed by atoms with Gasteiger partial charge in [-0.15, -0.1) is 0 Å². The number of amides is 1. The average Bonchev–Trinajstić information content (AvgIpc) is 2.50. The number of carbonyl (C=O) groups excluding carboxylic acids is 1. The molecular formula is C14H15N3O4. The van der Waals surface area contributed by atoms with Crippen LogP contribution in [0.3, 0.4) is 0 Å². The Bertz CT molecular complexity index is 850. The van der Waals surface area contributed by atoms with E-state index in [-0.39, 0.29) is 0 Å². The number of benzene rings is 1. The number of nitrogens with one attached hydrogen (secondary N) is 1. The molecule has 1 aromatic heterocycles. The van der Waals surface area contributed by atoms with E-state index in [1.165, 1.54) is 16.2 Å². The highest BCUT2D eigenvalue weighted by Crippen LogP contribution is 2.28. The number of hydrogen-bond acceptors (Lipinski definition) is 4.